The van der Waals surface area contributed by atoms with Crippen molar-refractivity contribution in [2.24, 2.45) is 0 Å². The van der Waals surface area contributed by atoms with Crippen molar-refractivity contribution in [3.8, 4) is 0 Å². The van der Waals surface area contributed by atoms with Gasteiger partial charge in [-0.3, -0.25) is 0 Å². The van der Waals surface area contributed by atoms with Crippen LogP contribution in [0.15, 0.2) is 16.6 Å². The molecule has 0 aliphatic carbocycles. The lowest BCUT2D eigenvalue weighted by atomic mass is 10.1. The third kappa shape index (κ3) is 2.64. The number of rotatable bonds is 2. The van der Waals surface area contributed by atoms with E-state index in [4.69, 9.17) is 23.2 Å². The van der Waals surface area contributed by atoms with Gasteiger partial charge in [0.2, 0.25) is 0 Å². The zero-order valence-electron chi connectivity index (χ0n) is 6.30. The fourth-order valence-corrected chi connectivity index (χ4v) is 1.71. The van der Waals surface area contributed by atoms with E-state index in [-0.39, 0.29) is 0 Å². The van der Waals surface area contributed by atoms with Crippen molar-refractivity contribution in [1.82, 2.24) is 0 Å². The van der Waals surface area contributed by atoms with Crippen LogP contribution < -0.4 is 0 Å². The zero-order valence-corrected chi connectivity index (χ0v) is 10.2. The highest BCUT2D eigenvalue weighted by molar-refractivity contribution is 9.10. The van der Waals surface area contributed by atoms with Gasteiger partial charge < -0.3 is 5.11 Å². The Morgan fingerprint density at radius 3 is 2.23 bits per heavy atom. The van der Waals surface area contributed by atoms with Gasteiger partial charge in [0.25, 0.3) is 0 Å². The summed E-state index contributed by atoms with van der Waals surface area (Å²) in [4.78, 5) is 0. The maximum atomic E-state index is 9.38. The lowest BCUT2D eigenvalue weighted by Crippen LogP contribution is -1.96. The largest absolute Gasteiger partial charge is 0.383 e. The molecule has 0 saturated heterocycles. The predicted octanol–water partition coefficient (Wildman–Crippen LogP) is 3.79. The van der Waals surface area contributed by atoms with Crippen LogP contribution in [-0.2, 0) is 0 Å². The fourth-order valence-electron chi connectivity index (χ4n) is 0.824. The van der Waals surface area contributed by atoms with Crippen molar-refractivity contribution in [2.45, 2.75) is 6.10 Å². The van der Waals surface area contributed by atoms with Crippen LogP contribution in [0.3, 0.4) is 0 Å². The van der Waals surface area contributed by atoms with E-state index >= 15 is 0 Å². The molecule has 1 unspecified atom stereocenters. The number of thiocarbonyl (C=S) groups is 1. The van der Waals surface area contributed by atoms with Crippen molar-refractivity contribution in [3.05, 3.63) is 32.2 Å². The summed E-state index contributed by atoms with van der Waals surface area (Å²) in [5.74, 6) is 0. The molecule has 70 valence electrons. The number of aliphatic hydroxyl groups excluding tert-OH is 1. The Labute approximate surface area is 99.8 Å². The average molecular weight is 300 g/mol. The second-order valence-electron chi connectivity index (χ2n) is 2.38. The number of halogens is 3. The average Bonchev–Trinajstić information content (AvgIpc) is 2.12. The fraction of sp³-hybridized carbons (Fsp3) is 0.125. The summed E-state index contributed by atoms with van der Waals surface area (Å²) in [6.07, 6.45) is -0.807. The Hall–Kier alpha value is 0.330. The maximum absolute atomic E-state index is 9.38. The quantitative estimate of drug-likeness (QED) is 0.662. The molecule has 1 rings (SSSR count). The monoisotopic (exact) mass is 298 g/mol. The van der Waals surface area contributed by atoms with E-state index in [1.165, 1.54) is 5.37 Å². The van der Waals surface area contributed by atoms with Crippen molar-refractivity contribution < 1.29 is 5.11 Å². The summed E-state index contributed by atoms with van der Waals surface area (Å²) in [5, 5.41) is 11.5. The van der Waals surface area contributed by atoms with Gasteiger partial charge in [-0.1, -0.05) is 35.4 Å². The molecule has 1 atom stereocenters. The van der Waals surface area contributed by atoms with Crippen LogP contribution in [0.4, 0.5) is 0 Å². The molecule has 0 aliphatic rings. The van der Waals surface area contributed by atoms with Crippen molar-refractivity contribution >= 4 is 56.7 Å². The van der Waals surface area contributed by atoms with E-state index < -0.39 is 6.10 Å². The molecule has 0 spiro atoms. The first-order valence-corrected chi connectivity index (χ1v) is 5.36. The first kappa shape index (κ1) is 11.4. The number of hydrogen-bond acceptors (Lipinski definition) is 2. The summed E-state index contributed by atoms with van der Waals surface area (Å²) < 4.78 is 0.621. The Morgan fingerprint density at radius 2 is 1.85 bits per heavy atom. The van der Waals surface area contributed by atoms with Crippen LogP contribution in [-0.4, -0.2) is 10.5 Å². The van der Waals surface area contributed by atoms with Crippen LogP contribution >= 0.6 is 51.3 Å². The lowest BCUT2D eigenvalue weighted by Gasteiger charge is -2.07. The minimum atomic E-state index is -0.807. The number of aliphatic hydroxyl groups is 1. The standard InChI is InChI=1S/C8H5BrCl2OS/c9-8-5(10)1-4(2-6(8)11)7(12)3-13/h1-3,7,12H. The topological polar surface area (TPSA) is 20.2 Å². The molecule has 0 aliphatic heterocycles. The van der Waals surface area contributed by atoms with Crippen molar-refractivity contribution in [1.29, 1.82) is 0 Å². The Morgan fingerprint density at radius 1 is 1.38 bits per heavy atom. The molecular formula is C8H5BrCl2OS. The molecule has 1 aromatic carbocycles. The highest BCUT2D eigenvalue weighted by Crippen LogP contribution is 2.33. The van der Waals surface area contributed by atoms with Gasteiger partial charge in [0.15, 0.2) is 0 Å². The third-order valence-electron chi connectivity index (χ3n) is 1.48. The molecule has 0 fully saturated rings. The summed E-state index contributed by atoms with van der Waals surface area (Å²) in [6.45, 7) is 0. The molecule has 5 heteroatoms. The molecule has 1 nitrogen and oxygen atoms in total. The van der Waals surface area contributed by atoms with Gasteiger partial charge in [0, 0.05) is 5.37 Å². The van der Waals surface area contributed by atoms with E-state index in [1.807, 2.05) is 0 Å². The number of benzene rings is 1. The highest BCUT2D eigenvalue weighted by atomic mass is 79.9. The summed E-state index contributed by atoms with van der Waals surface area (Å²) in [7, 11) is 0. The smallest absolute Gasteiger partial charge is 0.107 e. The Kier molecular flexibility index (Phi) is 4.13. The van der Waals surface area contributed by atoms with Gasteiger partial charge in [-0.15, -0.1) is 0 Å². The van der Waals surface area contributed by atoms with E-state index in [1.54, 1.807) is 12.1 Å². The van der Waals surface area contributed by atoms with Crippen LogP contribution in [0.5, 0.6) is 0 Å². The molecule has 0 radical (unpaired) electrons. The molecular weight excluding hydrogens is 295 g/mol. The molecule has 1 N–H and O–H groups in total. The second-order valence-corrected chi connectivity index (χ2v) is 4.26. The molecule has 0 amide bonds. The Balaban J connectivity index is 3.20. The van der Waals surface area contributed by atoms with Crippen molar-refractivity contribution in [2.75, 3.05) is 0 Å². The van der Waals surface area contributed by atoms with Crippen LogP contribution in [0.25, 0.3) is 0 Å². The lowest BCUT2D eigenvalue weighted by molar-refractivity contribution is 0.255. The zero-order chi connectivity index (χ0) is 10.0. The normalized spacial score (nSPS) is 12.6. The second kappa shape index (κ2) is 4.71. The SMILES string of the molecule is OC(C=S)c1cc(Cl)c(Br)c(Cl)c1. The summed E-state index contributed by atoms with van der Waals surface area (Å²) in [5.41, 5.74) is 0.591. The predicted molar refractivity (Wildman–Crippen MR) is 62.8 cm³/mol. The highest BCUT2D eigenvalue weighted by Gasteiger charge is 2.09. The molecule has 0 bridgehead atoms. The van der Waals surface area contributed by atoms with Gasteiger partial charge in [-0.05, 0) is 33.6 Å². The first-order chi connectivity index (χ1) is 6.06. The van der Waals surface area contributed by atoms with Crippen molar-refractivity contribution in [3.63, 3.8) is 0 Å². The molecule has 13 heavy (non-hydrogen) atoms. The van der Waals surface area contributed by atoms with Gasteiger partial charge in [-0.25, -0.2) is 0 Å². The Bertz CT molecular complexity index is 320. The minimum Gasteiger partial charge on any atom is -0.383 e. The maximum Gasteiger partial charge on any atom is 0.107 e. The minimum absolute atomic E-state index is 0.457. The van der Waals surface area contributed by atoms with Crippen LogP contribution in [0.2, 0.25) is 10.0 Å². The third-order valence-corrected chi connectivity index (χ3v) is 3.64. The molecule has 0 aromatic heterocycles. The van der Waals surface area contributed by atoms with Gasteiger partial charge >= 0.3 is 0 Å². The van der Waals surface area contributed by atoms with Gasteiger partial charge in [0.05, 0.1) is 14.5 Å². The van der Waals surface area contributed by atoms with E-state index in [2.05, 4.69) is 28.1 Å². The summed E-state index contributed by atoms with van der Waals surface area (Å²) in [6, 6.07) is 3.23. The van der Waals surface area contributed by atoms with Crippen LogP contribution in [0.1, 0.15) is 11.7 Å². The summed E-state index contributed by atoms with van der Waals surface area (Å²) >= 11 is 19.5. The van der Waals surface area contributed by atoms with Crippen LogP contribution in [0, 0.1) is 0 Å². The van der Waals surface area contributed by atoms with E-state index in [0.29, 0.717) is 20.1 Å². The number of hydrogen-bond donors (Lipinski definition) is 1. The molecule has 1 aromatic rings. The van der Waals surface area contributed by atoms with Gasteiger partial charge in [0.1, 0.15) is 6.10 Å². The molecule has 0 heterocycles. The van der Waals surface area contributed by atoms with Gasteiger partial charge in [-0.2, -0.15) is 0 Å². The van der Waals surface area contributed by atoms with E-state index in [0.717, 1.165) is 0 Å². The van der Waals surface area contributed by atoms with E-state index in [9.17, 15) is 5.11 Å². The molecule has 0 saturated carbocycles. The first-order valence-electron chi connectivity index (χ1n) is 3.34.